The van der Waals surface area contributed by atoms with Crippen molar-refractivity contribution >= 4 is 182 Å². The molecule has 3 aliphatic rings. The van der Waals surface area contributed by atoms with Crippen LogP contribution in [0.4, 0.5) is 0 Å². The second kappa shape index (κ2) is 60.5. The van der Waals surface area contributed by atoms with E-state index in [9.17, 15) is 127 Å². The first-order valence-corrected chi connectivity index (χ1v) is 51.3. The first-order chi connectivity index (χ1) is 70.4. The number of carboxylic acid groups (broad SMARTS) is 7. The normalized spacial score (nSPS) is 23.7. The monoisotopic (exact) mass is 2140 g/mol. The molecule has 7 rings (SSSR count). The zero-order chi connectivity index (χ0) is 110. The third-order valence-corrected chi connectivity index (χ3v) is 27.3. The number of hydrogen-bond acceptors (Lipinski definition) is 31. The summed E-state index contributed by atoms with van der Waals surface area (Å²) < 4.78 is 0. The van der Waals surface area contributed by atoms with Gasteiger partial charge in [-0.2, -0.15) is 35.3 Å². The number of nitrogens with one attached hydrogen (secondary N) is 14. The Hall–Kier alpha value is -14.0. The molecule has 0 aliphatic carbocycles. The topological polar surface area (TPSA) is 768 Å². The van der Waals surface area contributed by atoms with Crippen molar-refractivity contribution in [2.24, 2.45) is 22.8 Å². The highest BCUT2D eigenvalue weighted by Crippen LogP contribution is 2.28. The number of rotatable bonds is 29. The molecule has 4 bridgehead atoms. The Labute approximate surface area is 869 Å². The summed E-state index contributed by atoms with van der Waals surface area (Å²) in [6.45, 7) is 5.78. The van der Waals surface area contributed by atoms with E-state index in [0.717, 1.165) is 37.4 Å². The zero-order valence-electron chi connectivity index (χ0n) is 83.1. The maximum absolute atomic E-state index is 15.4. The fourth-order valence-electron chi connectivity index (χ4n) is 16.0. The molecule has 3 heterocycles. The van der Waals surface area contributed by atoms with Crippen LogP contribution in [0.1, 0.15) is 121 Å². The molecule has 0 unspecified atom stereocenters. The SMILES string of the molecule is C[C@H](CC(=O)CN1CCN(CC(=O)O)CCN(CC(=O)O)CCN(CC(=O)O)CC1)C(=O)N[C@@H]1CSCc2cc3cc(c2)CSC[C@@H](NC(=O)[C@H](C)NC(=O)[C@@H](Cc2cccc4ccccc24)NC(=O)[C@@H](CCC(=O)O)NC(=O)[C@@H](CC(N)=O)NC(=O)[C@H](C)NC1=O)C(=O)N[C@H](CCC(=O)O)C(=O)N[C@H](CC(=O)O)C(=O)N[C@H](Cc1ccccc1)C(=O)NCC(=O)N[C@H](CC(=O)O)C(=O)N[C@H](C(C)(C)C)C(=O)N[C@@H](CN)CSC3. The Morgan fingerprint density at radius 3 is 1.33 bits per heavy atom. The van der Waals surface area contributed by atoms with Crippen molar-refractivity contribution in [3.63, 3.8) is 0 Å². The molecule has 0 radical (unpaired) electrons. The van der Waals surface area contributed by atoms with Gasteiger partial charge in [0.25, 0.3) is 0 Å². The molecule has 50 nitrogen and oxygen atoms in total. The Morgan fingerprint density at radius 1 is 0.416 bits per heavy atom. The minimum Gasteiger partial charge on any atom is -0.481 e. The number of nitrogens with zero attached hydrogens (tertiary/aromatic N) is 4. The minimum atomic E-state index is -2.19. The van der Waals surface area contributed by atoms with Crippen LogP contribution in [0.5, 0.6) is 0 Å². The molecule has 149 heavy (non-hydrogen) atoms. The van der Waals surface area contributed by atoms with Gasteiger partial charge in [-0.25, -0.2) is 0 Å². The lowest BCUT2D eigenvalue weighted by atomic mass is 9.85. The maximum Gasteiger partial charge on any atom is 0.317 e. The van der Waals surface area contributed by atoms with E-state index in [0.29, 0.717) is 38.6 Å². The largest absolute Gasteiger partial charge is 0.481 e. The summed E-state index contributed by atoms with van der Waals surface area (Å²) in [5.74, 6) is -30.4. The minimum absolute atomic E-state index is 0.0258. The van der Waals surface area contributed by atoms with Crippen LogP contribution in [0.15, 0.2) is 91.0 Å². The number of carbonyl (C=O) groups is 23. The Kier molecular flexibility index (Phi) is 49.5. The summed E-state index contributed by atoms with van der Waals surface area (Å²) in [6.07, 6.45) is -8.04. The third-order valence-electron chi connectivity index (χ3n) is 23.9. The standard InChI is InChI=1S/C96H132N20O30S3/c1-52(31-62(117)42-113-23-25-114(43-79(128)129)27-29-116(45-81(132)133)30-28-115(26-24-113)44-80(130)131)83(134)110-71-50-148-47-57-32-56-33-58(34-57)48-149-51-72(111-85(136)54(3)100-89(140)67(36-60-17-12-16-59-15-10-11-18-63(59)60)108-87(138)64(19-21-75(120)121)104-90(141)68(37-73(98)118)106-84(135)53(2)101-93(71)144)94(145)105-65(20-22-76(122)123)88(139)109-70(39-78(126)127)91(142)107-66(35-55-13-8-7-9-14-55)86(137)99-41-74(119)103-69(38-77(124)125)92(143)112-82(96(4,5)6)95(146)102-61(40-97)49-147-46-56/h7-18,32-34,52-54,61,64-72,82H,19-31,35-51,97H2,1-6H3,(H2,98,118)(H,99,137)(H,100,140)(H,101,144)(H,102,146)(H,103,119)(H,104,141)(H,105,145)(H,106,135)(H,107,142)(H,108,138)(H,109,139)(H,110,134)(H,111,136)(H,112,143)(H,120,121)(H,122,123)(H,124,125)(H,126,127)(H,128,129)(H,130,131)(H,132,133)/t52-,53+,54+,61+,64-,65-,66-,67-,68-,69-,70-,71-,72-,82+/m1/s1. The first-order valence-electron chi connectivity index (χ1n) is 47.9. The van der Waals surface area contributed by atoms with E-state index in [4.69, 9.17) is 11.5 Å². The summed E-state index contributed by atoms with van der Waals surface area (Å²) in [5.41, 5.74) is 13.0. The van der Waals surface area contributed by atoms with E-state index in [1.165, 1.54) is 40.6 Å². The molecule has 15 amide bonds. The van der Waals surface area contributed by atoms with Gasteiger partial charge in [0.2, 0.25) is 88.6 Å². The Morgan fingerprint density at radius 2 is 0.832 bits per heavy atom. The van der Waals surface area contributed by atoms with Gasteiger partial charge in [-0.05, 0) is 70.7 Å². The molecule has 0 saturated carbocycles. The number of carbonyl (C=O) groups excluding carboxylic acids is 16. The van der Waals surface area contributed by atoms with Gasteiger partial charge in [-0.1, -0.05) is 119 Å². The summed E-state index contributed by atoms with van der Waals surface area (Å²) in [5, 5.41) is 105. The quantitative estimate of drug-likeness (QED) is 0.0242. The number of hydrogen-bond donors (Lipinski definition) is 23. The number of primary amides is 1. The van der Waals surface area contributed by atoms with Gasteiger partial charge < -0.3 is 122 Å². The van der Waals surface area contributed by atoms with Crippen LogP contribution in [-0.2, 0) is 140 Å². The number of thioether (sulfide) groups is 3. The number of Topliss-reactive ketones (excluding diaryl/α,β-unsaturated/α-hetero) is 1. The van der Waals surface area contributed by atoms with E-state index >= 15 is 19.2 Å². The molecule has 3 aliphatic heterocycles. The number of benzene rings is 4. The predicted molar refractivity (Wildman–Crippen MR) is 540 cm³/mol. The molecule has 25 N–H and O–H groups in total. The summed E-state index contributed by atoms with van der Waals surface area (Å²) in [4.78, 5) is 326. The van der Waals surface area contributed by atoms with Gasteiger partial charge >= 0.3 is 41.8 Å². The average Bonchev–Trinajstić information content (AvgIpc) is 0.814. The fourth-order valence-corrected chi connectivity index (χ4v) is 19.0. The molecule has 4 aromatic rings. The van der Waals surface area contributed by atoms with Crippen LogP contribution < -0.4 is 85.9 Å². The molecule has 0 aromatic heterocycles. The highest BCUT2D eigenvalue weighted by molar-refractivity contribution is 7.99. The summed E-state index contributed by atoms with van der Waals surface area (Å²) in [6, 6.07) is 1.60. The third kappa shape index (κ3) is 43.4. The van der Waals surface area contributed by atoms with Crippen LogP contribution in [0, 0.1) is 11.3 Å². The van der Waals surface area contributed by atoms with Gasteiger partial charge in [0.05, 0.1) is 58.0 Å². The Balaban J connectivity index is 1.37. The van der Waals surface area contributed by atoms with Crippen molar-refractivity contribution in [1.29, 1.82) is 0 Å². The smallest absolute Gasteiger partial charge is 0.317 e. The fraction of sp³-hybridized carbons (Fsp3) is 0.531. The van der Waals surface area contributed by atoms with Crippen LogP contribution >= 0.6 is 35.3 Å². The van der Waals surface area contributed by atoms with Crippen LogP contribution in [0.3, 0.4) is 0 Å². The van der Waals surface area contributed by atoms with Gasteiger partial charge in [0, 0.05) is 131 Å². The van der Waals surface area contributed by atoms with E-state index in [1.807, 2.05) is 0 Å². The van der Waals surface area contributed by atoms with Crippen molar-refractivity contribution in [2.45, 2.75) is 202 Å². The lowest BCUT2D eigenvalue weighted by molar-refractivity contribution is -0.142. The molecule has 53 heteroatoms. The number of aliphatic carboxylic acids is 7. The number of ketones is 1. The molecule has 0 spiro atoms. The van der Waals surface area contributed by atoms with Crippen LogP contribution in [-0.4, -0.2) is 379 Å². The second-order valence-electron chi connectivity index (χ2n) is 37.4. The number of nitrogens with two attached hydrogens (primary N) is 2. The van der Waals surface area contributed by atoms with E-state index in [1.54, 1.807) is 109 Å². The van der Waals surface area contributed by atoms with Crippen molar-refractivity contribution < 1.29 is 146 Å². The second-order valence-corrected chi connectivity index (χ2v) is 40.5. The van der Waals surface area contributed by atoms with Gasteiger partial charge in [-0.3, -0.25) is 130 Å². The van der Waals surface area contributed by atoms with E-state index in [2.05, 4.69) is 74.4 Å². The molecule has 1 fully saturated rings. The number of carboxylic acids is 7. The van der Waals surface area contributed by atoms with E-state index in [-0.39, 0.29) is 94.2 Å². The summed E-state index contributed by atoms with van der Waals surface area (Å²) in [7, 11) is 0. The number of fused-ring (bicyclic) bond motifs is 6. The molecule has 4 aromatic carbocycles. The van der Waals surface area contributed by atoms with Crippen LogP contribution in [0.25, 0.3) is 10.8 Å². The highest BCUT2D eigenvalue weighted by Gasteiger charge is 2.41. The van der Waals surface area contributed by atoms with Crippen molar-refractivity contribution in [3.05, 3.63) is 119 Å². The lowest BCUT2D eigenvalue weighted by Crippen LogP contribution is -2.61. The number of amides is 15. The van der Waals surface area contributed by atoms with Gasteiger partial charge in [0.15, 0.2) is 0 Å². The lowest BCUT2D eigenvalue weighted by Gasteiger charge is -2.33. The van der Waals surface area contributed by atoms with Crippen LogP contribution in [0.2, 0.25) is 0 Å². The predicted octanol–water partition coefficient (Wildman–Crippen LogP) is -4.86. The highest BCUT2D eigenvalue weighted by atomic mass is 32.2. The molecule has 14 atom stereocenters. The van der Waals surface area contributed by atoms with Crippen molar-refractivity contribution in [1.82, 2.24) is 94.0 Å². The van der Waals surface area contributed by atoms with Crippen molar-refractivity contribution in [2.75, 3.05) is 109 Å². The molecular formula is C96H132N20O30S3. The molecular weight excluding hydrogens is 2010 g/mol. The molecule has 814 valence electrons. The maximum atomic E-state index is 15.4. The van der Waals surface area contributed by atoms with Crippen molar-refractivity contribution in [3.8, 4) is 0 Å². The first kappa shape index (κ1) is 122. The molecule has 1 saturated heterocycles. The van der Waals surface area contributed by atoms with Gasteiger partial charge in [0.1, 0.15) is 78.3 Å². The average molecular weight is 2140 g/mol. The Bertz CT molecular complexity index is 5450. The van der Waals surface area contributed by atoms with Gasteiger partial charge in [-0.15, -0.1) is 0 Å². The zero-order valence-corrected chi connectivity index (χ0v) is 85.6. The summed E-state index contributed by atoms with van der Waals surface area (Å²) >= 11 is 3.20. The van der Waals surface area contributed by atoms with E-state index < -0.39 is 322 Å².